The molecule has 1 heterocycles. The molecule has 1 aromatic heterocycles. The van der Waals surface area contributed by atoms with Gasteiger partial charge in [-0.3, -0.25) is 4.98 Å². The van der Waals surface area contributed by atoms with Gasteiger partial charge in [0, 0.05) is 24.7 Å². The third-order valence-corrected chi connectivity index (χ3v) is 2.80. The van der Waals surface area contributed by atoms with Crippen LogP contribution in [0.25, 0.3) is 10.9 Å². The van der Waals surface area contributed by atoms with Gasteiger partial charge in [-0.25, -0.2) is 0 Å². The van der Waals surface area contributed by atoms with E-state index in [1.165, 1.54) is 10.9 Å². The summed E-state index contributed by atoms with van der Waals surface area (Å²) < 4.78 is 5.44. The smallest absolute Gasteiger partial charge is 0.0746 e. The molecular weight excluding hydrogens is 236 g/mol. The number of benzene rings is 1. The van der Waals surface area contributed by atoms with Crippen LogP contribution in [0, 0.1) is 0 Å². The number of rotatable bonds is 7. The monoisotopic (exact) mass is 256 g/mol. The summed E-state index contributed by atoms with van der Waals surface area (Å²) in [5.41, 5.74) is 3.34. The first-order chi connectivity index (χ1) is 9.27. The minimum Gasteiger partial charge on any atom is -0.376 e. The zero-order valence-electron chi connectivity index (χ0n) is 11.4. The Morgan fingerprint density at radius 3 is 3.00 bits per heavy atom. The van der Waals surface area contributed by atoms with Crippen molar-refractivity contribution in [3.63, 3.8) is 0 Å². The maximum Gasteiger partial charge on any atom is 0.0746 e. The van der Waals surface area contributed by atoms with Crippen molar-refractivity contribution in [2.45, 2.75) is 13.5 Å². The van der Waals surface area contributed by atoms with E-state index in [2.05, 4.69) is 41.1 Å². The lowest BCUT2D eigenvalue weighted by Crippen LogP contribution is -2.19. The predicted octanol–water partition coefficient (Wildman–Crippen LogP) is 2.92. The Kier molecular flexibility index (Phi) is 5.07. The molecule has 2 rings (SSSR count). The molecule has 2 aromatic rings. The van der Waals surface area contributed by atoms with Gasteiger partial charge in [-0.2, -0.15) is 0 Å². The molecule has 0 saturated heterocycles. The summed E-state index contributed by atoms with van der Waals surface area (Å²) in [4.78, 5) is 4.44. The van der Waals surface area contributed by atoms with E-state index in [4.69, 9.17) is 4.74 Å². The topological polar surface area (TPSA) is 34.1 Å². The molecule has 0 aliphatic carbocycles. The van der Waals surface area contributed by atoms with E-state index in [0.29, 0.717) is 13.2 Å². The predicted molar refractivity (Wildman–Crippen MR) is 79.1 cm³/mol. The Labute approximate surface area is 114 Å². The highest BCUT2D eigenvalue weighted by Crippen LogP contribution is 2.15. The second-order valence-corrected chi connectivity index (χ2v) is 4.68. The number of para-hydroxylation sites is 1. The van der Waals surface area contributed by atoms with Crippen molar-refractivity contribution < 1.29 is 4.74 Å². The standard InChI is InChI=1S/C16H20N2O/c1-13(2)12-19-10-9-17-11-15-6-3-5-14-7-4-8-18-16(14)15/h3-8,17H,1,9-12H2,2H3. The number of ether oxygens (including phenoxy) is 1. The third kappa shape index (κ3) is 4.16. The molecule has 1 N–H and O–H groups in total. The highest BCUT2D eigenvalue weighted by molar-refractivity contribution is 5.81. The average Bonchev–Trinajstić information content (AvgIpc) is 2.42. The van der Waals surface area contributed by atoms with Crippen molar-refractivity contribution >= 4 is 10.9 Å². The van der Waals surface area contributed by atoms with Crippen molar-refractivity contribution in [1.82, 2.24) is 10.3 Å². The molecule has 0 amide bonds. The SMILES string of the molecule is C=C(C)COCCNCc1cccc2cccnc12. The maximum absolute atomic E-state index is 5.44. The first kappa shape index (κ1) is 13.7. The second kappa shape index (κ2) is 7.02. The molecule has 0 radical (unpaired) electrons. The van der Waals surface area contributed by atoms with Gasteiger partial charge in [-0.1, -0.05) is 36.4 Å². The number of hydrogen-bond acceptors (Lipinski definition) is 3. The van der Waals surface area contributed by atoms with Gasteiger partial charge in [0.05, 0.1) is 18.7 Å². The number of fused-ring (bicyclic) bond motifs is 1. The average molecular weight is 256 g/mol. The van der Waals surface area contributed by atoms with Crippen LogP contribution < -0.4 is 5.32 Å². The third-order valence-electron chi connectivity index (χ3n) is 2.80. The lowest BCUT2D eigenvalue weighted by Gasteiger charge is -2.08. The van der Waals surface area contributed by atoms with Crippen LogP contribution in [0.2, 0.25) is 0 Å². The Morgan fingerprint density at radius 1 is 1.32 bits per heavy atom. The molecular formula is C16H20N2O. The first-order valence-electron chi connectivity index (χ1n) is 6.53. The Bertz CT molecular complexity index is 546. The van der Waals surface area contributed by atoms with E-state index >= 15 is 0 Å². The van der Waals surface area contributed by atoms with E-state index in [-0.39, 0.29) is 0 Å². The molecule has 0 aliphatic heterocycles. The molecule has 0 spiro atoms. The van der Waals surface area contributed by atoms with Crippen LogP contribution >= 0.6 is 0 Å². The molecule has 3 heteroatoms. The van der Waals surface area contributed by atoms with Gasteiger partial charge < -0.3 is 10.1 Å². The molecule has 1 aromatic carbocycles. The maximum atomic E-state index is 5.44. The fourth-order valence-corrected chi connectivity index (χ4v) is 1.92. The fourth-order valence-electron chi connectivity index (χ4n) is 1.92. The minimum atomic E-state index is 0.636. The molecule has 0 bridgehead atoms. The minimum absolute atomic E-state index is 0.636. The summed E-state index contributed by atoms with van der Waals surface area (Å²) in [6.45, 7) is 8.74. The highest BCUT2D eigenvalue weighted by atomic mass is 16.5. The number of nitrogens with one attached hydrogen (secondary N) is 1. The second-order valence-electron chi connectivity index (χ2n) is 4.68. The quantitative estimate of drug-likeness (QED) is 0.611. The van der Waals surface area contributed by atoms with Crippen molar-refractivity contribution in [2.75, 3.05) is 19.8 Å². The van der Waals surface area contributed by atoms with E-state index in [9.17, 15) is 0 Å². The fraction of sp³-hybridized carbons (Fsp3) is 0.312. The summed E-state index contributed by atoms with van der Waals surface area (Å²) in [5.74, 6) is 0. The van der Waals surface area contributed by atoms with Crippen molar-refractivity contribution in [3.8, 4) is 0 Å². The van der Waals surface area contributed by atoms with E-state index in [1.807, 2.05) is 19.2 Å². The van der Waals surface area contributed by atoms with Gasteiger partial charge in [-0.15, -0.1) is 0 Å². The van der Waals surface area contributed by atoms with Crippen molar-refractivity contribution in [3.05, 3.63) is 54.2 Å². The van der Waals surface area contributed by atoms with Crippen LogP contribution in [-0.2, 0) is 11.3 Å². The van der Waals surface area contributed by atoms with Gasteiger partial charge in [0.25, 0.3) is 0 Å². The van der Waals surface area contributed by atoms with Crippen LogP contribution in [0.5, 0.6) is 0 Å². The number of aromatic nitrogens is 1. The normalized spacial score (nSPS) is 10.8. The Balaban J connectivity index is 1.83. The van der Waals surface area contributed by atoms with E-state index in [0.717, 1.165) is 24.2 Å². The van der Waals surface area contributed by atoms with Gasteiger partial charge in [0.2, 0.25) is 0 Å². The Hall–Kier alpha value is -1.71. The molecule has 0 aliphatic rings. The van der Waals surface area contributed by atoms with Crippen molar-refractivity contribution in [1.29, 1.82) is 0 Å². The largest absolute Gasteiger partial charge is 0.376 e. The molecule has 19 heavy (non-hydrogen) atoms. The van der Waals surface area contributed by atoms with Crippen LogP contribution in [0.1, 0.15) is 12.5 Å². The lowest BCUT2D eigenvalue weighted by atomic mass is 10.1. The summed E-state index contributed by atoms with van der Waals surface area (Å²) in [5, 5.41) is 4.55. The van der Waals surface area contributed by atoms with Crippen LogP contribution in [-0.4, -0.2) is 24.7 Å². The number of pyridine rings is 1. The van der Waals surface area contributed by atoms with E-state index < -0.39 is 0 Å². The molecule has 0 fully saturated rings. The van der Waals surface area contributed by atoms with Crippen LogP contribution in [0.3, 0.4) is 0 Å². The summed E-state index contributed by atoms with van der Waals surface area (Å²) >= 11 is 0. The summed E-state index contributed by atoms with van der Waals surface area (Å²) in [6, 6.07) is 10.3. The molecule has 100 valence electrons. The van der Waals surface area contributed by atoms with E-state index in [1.54, 1.807) is 0 Å². The molecule has 3 nitrogen and oxygen atoms in total. The first-order valence-corrected chi connectivity index (χ1v) is 6.53. The Morgan fingerprint density at radius 2 is 2.16 bits per heavy atom. The zero-order chi connectivity index (χ0) is 13.5. The molecule has 0 saturated carbocycles. The summed E-state index contributed by atoms with van der Waals surface area (Å²) in [7, 11) is 0. The van der Waals surface area contributed by atoms with Crippen molar-refractivity contribution in [2.24, 2.45) is 0 Å². The summed E-state index contributed by atoms with van der Waals surface area (Å²) in [6.07, 6.45) is 1.84. The van der Waals surface area contributed by atoms with Crippen LogP contribution in [0.15, 0.2) is 48.7 Å². The number of hydrogen-bond donors (Lipinski definition) is 1. The highest BCUT2D eigenvalue weighted by Gasteiger charge is 2.00. The van der Waals surface area contributed by atoms with Gasteiger partial charge >= 0.3 is 0 Å². The zero-order valence-corrected chi connectivity index (χ0v) is 11.4. The lowest BCUT2D eigenvalue weighted by molar-refractivity contribution is 0.158. The number of nitrogens with zero attached hydrogens (tertiary/aromatic N) is 1. The van der Waals surface area contributed by atoms with Gasteiger partial charge in [0.1, 0.15) is 0 Å². The molecule has 0 unspecified atom stereocenters. The van der Waals surface area contributed by atoms with Gasteiger partial charge in [-0.05, 0) is 18.6 Å². The van der Waals surface area contributed by atoms with Gasteiger partial charge in [0.15, 0.2) is 0 Å². The van der Waals surface area contributed by atoms with Crippen LogP contribution in [0.4, 0.5) is 0 Å². The molecule has 0 atom stereocenters.